The zero-order valence-electron chi connectivity index (χ0n) is 22.5. The molecule has 2 aliphatic heterocycles. The topological polar surface area (TPSA) is 79.3 Å². The van der Waals surface area contributed by atoms with E-state index in [2.05, 4.69) is 4.90 Å². The van der Waals surface area contributed by atoms with Crippen molar-refractivity contribution in [3.63, 3.8) is 0 Å². The normalized spacial score (nSPS) is 17.6. The molecule has 0 spiro atoms. The van der Waals surface area contributed by atoms with Crippen LogP contribution >= 0.6 is 24.0 Å². The summed E-state index contributed by atoms with van der Waals surface area (Å²) in [5.74, 6) is -1.26. The number of carbonyl (C=O) groups excluding carboxylic acids is 1. The Morgan fingerprint density at radius 1 is 1.00 bits per heavy atom. The summed E-state index contributed by atoms with van der Waals surface area (Å²) in [6.45, 7) is 3.39. The van der Waals surface area contributed by atoms with Gasteiger partial charge in [0.05, 0.1) is 29.2 Å². The molecule has 2 aromatic carbocycles. The molecule has 1 amide bonds. The van der Waals surface area contributed by atoms with E-state index in [9.17, 15) is 35.9 Å². The molecule has 0 atom stereocenters. The van der Waals surface area contributed by atoms with Crippen molar-refractivity contribution in [2.45, 2.75) is 25.2 Å². The monoisotopic (exact) mass is 648 g/mol. The molecule has 0 radical (unpaired) electrons. The van der Waals surface area contributed by atoms with Crippen molar-refractivity contribution >= 4 is 46.3 Å². The van der Waals surface area contributed by atoms with Gasteiger partial charge < -0.3 is 14.6 Å². The van der Waals surface area contributed by atoms with Gasteiger partial charge in [0, 0.05) is 38.2 Å². The number of amides is 1. The van der Waals surface area contributed by atoms with Crippen molar-refractivity contribution in [2.75, 3.05) is 46.0 Å². The molecule has 0 unspecified atom stereocenters. The van der Waals surface area contributed by atoms with Crippen LogP contribution in [0.15, 0.2) is 41.3 Å². The number of hydrogen-bond acceptors (Lipinski definition) is 7. The Hall–Kier alpha value is -3.14. The minimum absolute atomic E-state index is 0.0420. The van der Waals surface area contributed by atoms with E-state index in [4.69, 9.17) is 26.8 Å². The predicted octanol–water partition coefficient (Wildman–Crippen LogP) is 6.17. The molecule has 0 aromatic heterocycles. The smallest absolute Gasteiger partial charge is 0.416 e. The van der Waals surface area contributed by atoms with Crippen LogP contribution in [0.2, 0.25) is 0 Å². The summed E-state index contributed by atoms with van der Waals surface area (Å²) >= 11 is 6.24. The highest BCUT2D eigenvalue weighted by molar-refractivity contribution is 8.26. The van der Waals surface area contributed by atoms with Crippen molar-refractivity contribution in [2.24, 2.45) is 0 Å². The van der Waals surface area contributed by atoms with E-state index in [1.165, 1.54) is 29.2 Å². The summed E-state index contributed by atoms with van der Waals surface area (Å²) in [7, 11) is 0. The first-order chi connectivity index (χ1) is 20.2. The Morgan fingerprint density at radius 2 is 1.65 bits per heavy atom. The maximum absolute atomic E-state index is 13.5. The third kappa shape index (κ3) is 8.71. The highest BCUT2D eigenvalue weighted by Crippen LogP contribution is 2.40. The van der Waals surface area contributed by atoms with Gasteiger partial charge in [0.2, 0.25) is 0 Å². The maximum atomic E-state index is 13.5. The van der Waals surface area contributed by atoms with Gasteiger partial charge in [-0.05, 0) is 54.0 Å². The second-order valence-electron chi connectivity index (χ2n) is 9.68. The van der Waals surface area contributed by atoms with Crippen molar-refractivity contribution in [3.05, 3.63) is 58.0 Å². The second kappa shape index (κ2) is 13.7. The highest BCUT2D eigenvalue weighted by Gasteiger charge is 2.37. The lowest BCUT2D eigenvalue weighted by atomic mass is 9.97. The van der Waals surface area contributed by atoms with Gasteiger partial charge in [-0.2, -0.15) is 26.3 Å². The lowest BCUT2D eigenvalue weighted by molar-refractivity contribution is -0.143. The molecule has 7 nitrogen and oxygen atoms in total. The molecule has 2 aromatic rings. The van der Waals surface area contributed by atoms with Gasteiger partial charge in [0.15, 0.2) is 0 Å². The fourth-order valence-corrected chi connectivity index (χ4v) is 5.73. The van der Waals surface area contributed by atoms with E-state index in [0.717, 1.165) is 11.8 Å². The average molecular weight is 649 g/mol. The number of halogens is 6. The van der Waals surface area contributed by atoms with Gasteiger partial charge in [0.1, 0.15) is 16.7 Å². The fourth-order valence-electron chi connectivity index (χ4n) is 4.43. The number of carboxylic acid groups (broad SMARTS) is 1. The number of ether oxygens (including phenoxy) is 2. The molecule has 2 heterocycles. The zero-order chi connectivity index (χ0) is 31.4. The van der Waals surface area contributed by atoms with Crippen LogP contribution in [0.4, 0.5) is 26.3 Å². The SMILES string of the molecule is O=C(O)CCCN1C(=O)C(=Cc2cc(-c3cc(C(F)(F)F)cc(C(F)(F)F)c3)ccc2OCCN2CCOCC2)SC1=S. The molecule has 43 heavy (non-hydrogen) atoms. The van der Waals surface area contributed by atoms with E-state index >= 15 is 0 Å². The zero-order valence-corrected chi connectivity index (χ0v) is 24.1. The summed E-state index contributed by atoms with van der Waals surface area (Å²) in [5.41, 5.74) is -2.94. The Bertz CT molecular complexity index is 1370. The van der Waals surface area contributed by atoms with E-state index in [1.807, 2.05) is 0 Å². The Kier molecular flexibility index (Phi) is 10.4. The van der Waals surface area contributed by atoms with Gasteiger partial charge in [-0.25, -0.2) is 0 Å². The van der Waals surface area contributed by atoms with Crippen molar-refractivity contribution in [1.29, 1.82) is 0 Å². The molecule has 232 valence electrons. The van der Waals surface area contributed by atoms with Crippen LogP contribution in [0.3, 0.4) is 0 Å². The maximum Gasteiger partial charge on any atom is 0.416 e. The van der Waals surface area contributed by atoms with Crippen molar-refractivity contribution in [1.82, 2.24) is 9.80 Å². The number of carboxylic acids is 1. The lowest BCUT2D eigenvalue weighted by Crippen LogP contribution is -2.38. The summed E-state index contributed by atoms with van der Waals surface area (Å²) in [4.78, 5) is 27.5. The van der Waals surface area contributed by atoms with Crippen LogP contribution in [0.25, 0.3) is 17.2 Å². The van der Waals surface area contributed by atoms with Crippen LogP contribution in [0, 0.1) is 0 Å². The summed E-state index contributed by atoms with van der Waals surface area (Å²) in [5, 5.41) is 8.89. The molecule has 2 fully saturated rings. The molecular formula is C28H26F6N2O5S2. The minimum Gasteiger partial charge on any atom is -0.492 e. The van der Waals surface area contributed by atoms with E-state index in [1.54, 1.807) is 0 Å². The Labute approximate surface area is 252 Å². The number of aliphatic carboxylic acids is 1. The number of rotatable bonds is 10. The number of morpholine rings is 1. The molecule has 0 aliphatic carbocycles. The van der Waals surface area contributed by atoms with E-state index in [0.29, 0.717) is 45.0 Å². The molecule has 0 bridgehead atoms. The van der Waals surface area contributed by atoms with Crippen LogP contribution in [0.1, 0.15) is 29.5 Å². The van der Waals surface area contributed by atoms with Gasteiger partial charge in [-0.3, -0.25) is 19.4 Å². The van der Waals surface area contributed by atoms with Gasteiger partial charge in [0.25, 0.3) is 5.91 Å². The molecule has 2 saturated heterocycles. The van der Waals surface area contributed by atoms with Crippen LogP contribution in [-0.4, -0.2) is 77.1 Å². The number of thioether (sulfide) groups is 1. The fraction of sp³-hybridized carbons (Fsp3) is 0.393. The van der Waals surface area contributed by atoms with E-state index in [-0.39, 0.29) is 63.7 Å². The highest BCUT2D eigenvalue weighted by atomic mass is 32.2. The van der Waals surface area contributed by atoms with Gasteiger partial charge >= 0.3 is 18.3 Å². The molecule has 2 aliphatic rings. The third-order valence-electron chi connectivity index (χ3n) is 6.63. The number of nitrogens with zero attached hydrogens (tertiary/aromatic N) is 2. The molecule has 1 N–H and O–H groups in total. The van der Waals surface area contributed by atoms with E-state index < -0.39 is 35.4 Å². The number of thiocarbonyl (C=S) groups is 1. The lowest BCUT2D eigenvalue weighted by Gasteiger charge is -2.26. The van der Waals surface area contributed by atoms with Crippen LogP contribution in [0.5, 0.6) is 5.75 Å². The van der Waals surface area contributed by atoms with Crippen LogP contribution < -0.4 is 4.74 Å². The third-order valence-corrected chi connectivity index (χ3v) is 8.01. The first-order valence-electron chi connectivity index (χ1n) is 13.1. The standard InChI is InChI=1S/C28H26F6N2O5S2/c29-27(30,31)20-13-18(14-21(16-20)28(32,33)34)17-3-4-22(41-11-8-35-6-9-40-10-7-35)19(12-17)15-23-25(39)36(26(42)43-23)5-1-2-24(37)38/h3-4,12-16H,1-2,5-11H2,(H,37,38). The van der Waals surface area contributed by atoms with Gasteiger partial charge in [-0.15, -0.1) is 0 Å². The first-order valence-corrected chi connectivity index (χ1v) is 14.3. The summed E-state index contributed by atoms with van der Waals surface area (Å²) < 4.78 is 92.5. The Balaban J connectivity index is 1.69. The largest absolute Gasteiger partial charge is 0.492 e. The number of carbonyl (C=O) groups is 2. The average Bonchev–Trinajstić information content (AvgIpc) is 3.20. The predicted molar refractivity (Wildman–Crippen MR) is 151 cm³/mol. The number of hydrogen-bond donors (Lipinski definition) is 1. The molecule has 15 heteroatoms. The molecule has 0 saturated carbocycles. The number of alkyl halides is 6. The quantitative estimate of drug-likeness (QED) is 0.186. The summed E-state index contributed by atoms with van der Waals surface area (Å²) in [6.07, 6.45) is -8.62. The molecule has 4 rings (SSSR count). The number of benzene rings is 2. The summed E-state index contributed by atoms with van der Waals surface area (Å²) in [6, 6.07) is 5.47. The second-order valence-corrected chi connectivity index (χ2v) is 11.4. The first kappa shape index (κ1) is 32.8. The van der Waals surface area contributed by atoms with Crippen LogP contribution in [-0.2, 0) is 26.7 Å². The van der Waals surface area contributed by atoms with Gasteiger partial charge in [-0.1, -0.05) is 30.0 Å². The van der Waals surface area contributed by atoms with Crippen molar-refractivity contribution < 1.29 is 50.5 Å². The Morgan fingerprint density at radius 3 is 2.26 bits per heavy atom. The minimum atomic E-state index is -5.02. The molecular weight excluding hydrogens is 622 g/mol. The van der Waals surface area contributed by atoms with Crippen molar-refractivity contribution in [3.8, 4) is 16.9 Å².